The maximum absolute atomic E-state index is 13.4. The first kappa shape index (κ1) is 18.5. The third-order valence-electron chi connectivity index (χ3n) is 5.10. The second-order valence-electron chi connectivity index (χ2n) is 7.44. The molecule has 1 aliphatic carbocycles. The van der Waals surface area contributed by atoms with Crippen LogP contribution in [0.5, 0.6) is 5.75 Å². The second-order valence-corrected chi connectivity index (χ2v) is 7.44. The number of para-hydroxylation sites is 1. The molecule has 2 atom stereocenters. The van der Waals surface area contributed by atoms with Crippen LogP contribution in [0.15, 0.2) is 54.6 Å². The van der Waals surface area contributed by atoms with Gasteiger partial charge >= 0.3 is 0 Å². The number of amides is 2. The van der Waals surface area contributed by atoms with Crippen molar-refractivity contribution < 1.29 is 18.7 Å². The molecule has 28 heavy (non-hydrogen) atoms. The van der Waals surface area contributed by atoms with E-state index in [1.54, 1.807) is 17.0 Å². The number of carbonyl (C=O) groups is 2. The summed E-state index contributed by atoms with van der Waals surface area (Å²) in [6.07, 6.45) is 2.22. The average Bonchev–Trinajstić information content (AvgIpc) is 3.39. The van der Waals surface area contributed by atoms with Gasteiger partial charge in [0, 0.05) is 12.5 Å². The Hall–Kier alpha value is -2.89. The maximum Gasteiger partial charge on any atom is 0.243 e. The zero-order valence-corrected chi connectivity index (χ0v) is 15.5. The van der Waals surface area contributed by atoms with E-state index in [-0.39, 0.29) is 36.2 Å². The van der Waals surface area contributed by atoms with Gasteiger partial charge in [0.25, 0.3) is 0 Å². The summed E-state index contributed by atoms with van der Waals surface area (Å²) >= 11 is 0. The first-order valence-electron chi connectivity index (χ1n) is 9.64. The van der Waals surface area contributed by atoms with Crippen LogP contribution in [-0.2, 0) is 16.0 Å². The van der Waals surface area contributed by atoms with Gasteiger partial charge in [0.2, 0.25) is 11.8 Å². The van der Waals surface area contributed by atoms with Gasteiger partial charge in [-0.15, -0.1) is 0 Å². The quantitative estimate of drug-likeness (QED) is 0.836. The fourth-order valence-corrected chi connectivity index (χ4v) is 3.55. The lowest BCUT2D eigenvalue weighted by molar-refractivity contribution is -0.138. The maximum atomic E-state index is 13.4. The van der Waals surface area contributed by atoms with Gasteiger partial charge in [-0.05, 0) is 42.7 Å². The number of nitrogens with zero attached hydrogens (tertiary/aromatic N) is 1. The monoisotopic (exact) mass is 382 g/mol. The average molecular weight is 382 g/mol. The van der Waals surface area contributed by atoms with Gasteiger partial charge in [-0.1, -0.05) is 30.3 Å². The number of carbonyl (C=O) groups excluding carboxylic acids is 2. The van der Waals surface area contributed by atoms with Crippen molar-refractivity contribution in [1.82, 2.24) is 10.2 Å². The molecule has 6 heteroatoms. The van der Waals surface area contributed by atoms with Gasteiger partial charge < -0.3 is 15.0 Å². The number of benzene rings is 2. The molecule has 4 rings (SSSR count). The number of likely N-dealkylation sites (tertiary alicyclic amines) is 1. The first-order valence-corrected chi connectivity index (χ1v) is 9.64. The van der Waals surface area contributed by atoms with Crippen molar-refractivity contribution in [3.8, 4) is 5.75 Å². The topological polar surface area (TPSA) is 58.6 Å². The third-order valence-corrected chi connectivity index (χ3v) is 5.10. The third kappa shape index (κ3) is 4.50. The summed E-state index contributed by atoms with van der Waals surface area (Å²) in [5, 5.41) is 2.99. The summed E-state index contributed by atoms with van der Waals surface area (Å²) < 4.78 is 19.4. The zero-order valence-electron chi connectivity index (χ0n) is 15.5. The number of ether oxygens (including phenoxy) is 1. The number of rotatable bonds is 6. The molecular formula is C22H23FN2O3. The normalized spacial score (nSPS) is 21.4. The fraction of sp³-hybridized carbons (Fsp3) is 0.364. The highest BCUT2D eigenvalue weighted by Crippen LogP contribution is 2.26. The summed E-state index contributed by atoms with van der Waals surface area (Å²) in [7, 11) is 0. The molecule has 2 amide bonds. The van der Waals surface area contributed by atoms with E-state index >= 15 is 0 Å². The lowest BCUT2D eigenvalue weighted by Gasteiger charge is -2.23. The van der Waals surface area contributed by atoms with Gasteiger partial charge in [0.15, 0.2) is 0 Å². The van der Waals surface area contributed by atoms with E-state index in [9.17, 15) is 14.0 Å². The van der Waals surface area contributed by atoms with Gasteiger partial charge in [-0.2, -0.15) is 0 Å². The second kappa shape index (κ2) is 8.00. The van der Waals surface area contributed by atoms with Crippen LogP contribution in [0, 0.1) is 5.82 Å². The Bertz CT molecular complexity index is 854. The molecule has 1 heterocycles. The Balaban J connectivity index is 1.47. The minimum atomic E-state index is -0.560. The van der Waals surface area contributed by atoms with Crippen molar-refractivity contribution in [2.24, 2.45) is 0 Å². The van der Waals surface area contributed by atoms with Gasteiger partial charge in [-0.3, -0.25) is 9.59 Å². The highest BCUT2D eigenvalue weighted by molar-refractivity contribution is 5.89. The Morgan fingerprint density at radius 1 is 1.11 bits per heavy atom. The van der Waals surface area contributed by atoms with Crippen molar-refractivity contribution in [3.63, 3.8) is 0 Å². The smallest absolute Gasteiger partial charge is 0.243 e. The minimum Gasteiger partial charge on any atom is -0.488 e. The molecular weight excluding hydrogens is 359 g/mol. The van der Waals surface area contributed by atoms with E-state index in [0.717, 1.165) is 12.8 Å². The SMILES string of the molecule is O=C(NC1CC1)C1CC(Oc2ccccc2)CN1C(=O)Cc1cccc(F)c1. The Morgan fingerprint density at radius 2 is 1.89 bits per heavy atom. The van der Waals surface area contributed by atoms with Crippen molar-refractivity contribution in [3.05, 3.63) is 66.0 Å². The van der Waals surface area contributed by atoms with E-state index in [2.05, 4.69) is 5.32 Å². The van der Waals surface area contributed by atoms with Gasteiger partial charge in [0.1, 0.15) is 23.7 Å². The molecule has 0 radical (unpaired) electrons. The molecule has 1 saturated heterocycles. The van der Waals surface area contributed by atoms with Crippen LogP contribution < -0.4 is 10.1 Å². The van der Waals surface area contributed by atoms with Crippen LogP contribution in [0.3, 0.4) is 0 Å². The molecule has 0 spiro atoms. The summed E-state index contributed by atoms with van der Waals surface area (Å²) in [6.45, 7) is 0.339. The predicted molar refractivity (Wildman–Crippen MR) is 102 cm³/mol. The van der Waals surface area contributed by atoms with Crippen molar-refractivity contribution in [1.29, 1.82) is 0 Å². The Morgan fingerprint density at radius 3 is 2.61 bits per heavy atom. The summed E-state index contributed by atoms with van der Waals surface area (Å²) in [4.78, 5) is 27.2. The van der Waals surface area contributed by atoms with Gasteiger partial charge in [0.05, 0.1) is 13.0 Å². The Kier molecular flexibility index (Phi) is 5.28. The molecule has 0 aromatic heterocycles. The molecule has 2 aliphatic rings. The summed E-state index contributed by atoms with van der Waals surface area (Å²) in [6, 6.07) is 15.1. The van der Waals surface area contributed by atoms with E-state index in [1.165, 1.54) is 12.1 Å². The van der Waals surface area contributed by atoms with Crippen LogP contribution in [0.1, 0.15) is 24.8 Å². The van der Waals surface area contributed by atoms with E-state index in [1.807, 2.05) is 30.3 Å². The molecule has 1 saturated carbocycles. The lowest BCUT2D eigenvalue weighted by Crippen LogP contribution is -2.47. The lowest BCUT2D eigenvalue weighted by atomic mass is 10.1. The van der Waals surface area contributed by atoms with E-state index in [0.29, 0.717) is 24.3 Å². The number of hydrogen-bond acceptors (Lipinski definition) is 3. The fourth-order valence-electron chi connectivity index (χ4n) is 3.55. The number of halogens is 1. The number of hydrogen-bond donors (Lipinski definition) is 1. The van der Waals surface area contributed by atoms with Crippen LogP contribution in [-0.4, -0.2) is 41.4 Å². The van der Waals surface area contributed by atoms with E-state index < -0.39 is 6.04 Å². The first-order chi connectivity index (χ1) is 13.6. The van der Waals surface area contributed by atoms with Crippen LogP contribution in [0.2, 0.25) is 0 Å². The largest absolute Gasteiger partial charge is 0.488 e. The molecule has 2 aromatic rings. The molecule has 2 unspecified atom stereocenters. The summed E-state index contributed by atoms with van der Waals surface area (Å²) in [5.41, 5.74) is 0.596. The van der Waals surface area contributed by atoms with Crippen molar-refractivity contribution >= 4 is 11.8 Å². The zero-order chi connectivity index (χ0) is 19.5. The van der Waals surface area contributed by atoms with Crippen molar-refractivity contribution in [2.45, 2.75) is 43.9 Å². The molecule has 146 valence electrons. The van der Waals surface area contributed by atoms with Crippen LogP contribution in [0.4, 0.5) is 4.39 Å². The highest BCUT2D eigenvalue weighted by atomic mass is 19.1. The van der Waals surface area contributed by atoms with Crippen LogP contribution in [0.25, 0.3) is 0 Å². The van der Waals surface area contributed by atoms with Gasteiger partial charge in [-0.25, -0.2) is 4.39 Å². The predicted octanol–water partition coefficient (Wildman–Crippen LogP) is 2.70. The standard InChI is InChI=1S/C22H23FN2O3/c23-16-6-4-5-15(11-16)12-21(26)25-14-19(28-18-7-2-1-3-8-18)13-20(25)22(27)24-17-9-10-17/h1-8,11,17,19-20H,9-10,12-14H2,(H,24,27). The molecule has 2 aromatic carbocycles. The van der Waals surface area contributed by atoms with E-state index in [4.69, 9.17) is 4.74 Å². The number of nitrogens with one attached hydrogen (secondary N) is 1. The van der Waals surface area contributed by atoms with Crippen LogP contribution >= 0.6 is 0 Å². The molecule has 5 nitrogen and oxygen atoms in total. The molecule has 2 fully saturated rings. The summed E-state index contributed by atoms with van der Waals surface area (Å²) in [5.74, 6) is 0.0169. The molecule has 1 N–H and O–H groups in total. The molecule has 1 aliphatic heterocycles. The minimum absolute atomic E-state index is 0.0586. The molecule has 0 bridgehead atoms. The van der Waals surface area contributed by atoms with Crippen molar-refractivity contribution in [2.75, 3.05) is 6.54 Å². The Labute approximate surface area is 163 Å². The highest BCUT2D eigenvalue weighted by Gasteiger charge is 2.41.